The SMILES string of the molecule is c1ccc2cc3c(cc2c1)c1ccccc1n3-c1cc(-c2nc(-c3cc4ccccc4c4ccccc34)nc(-c3cc4ccccc4c4ccccc34)n2)c2oc3c4ccccc4ccc3c2c1. The molecular weight excluding hydrogens is 829 g/mol. The van der Waals surface area contributed by atoms with Crippen LogP contribution in [0.1, 0.15) is 0 Å². The van der Waals surface area contributed by atoms with Gasteiger partial charge in [-0.25, -0.2) is 15.0 Å². The van der Waals surface area contributed by atoms with Crippen LogP contribution in [0, 0.1) is 0 Å². The van der Waals surface area contributed by atoms with Crippen LogP contribution < -0.4 is 0 Å². The van der Waals surface area contributed by atoms with Gasteiger partial charge in [0.05, 0.1) is 16.6 Å². The lowest BCUT2D eigenvalue weighted by molar-refractivity contribution is 0.673. The van der Waals surface area contributed by atoms with Crippen LogP contribution >= 0.6 is 0 Å². The first-order chi connectivity index (χ1) is 33.7. The zero-order chi connectivity index (χ0) is 44.5. The molecule has 0 aliphatic heterocycles. The first-order valence-corrected chi connectivity index (χ1v) is 23.1. The normalized spacial score (nSPS) is 12.1. The number of aromatic nitrogens is 4. The van der Waals surface area contributed by atoms with Crippen molar-refractivity contribution < 1.29 is 4.42 Å². The van der Waals surface area contributed by atoms with Gasteiger partial charge in [0.2, 0.25) is 0 Å². The van der Waals surface area contributed by atoms with Crippen molar-refractivity contribution in [2.75, 3.05) is 0 Å². The Hall–Kier alpha value is -9.19. The fourth-order valence-corrected chi connectivity index (χ4v) is 11.0. The summed E-state index contributed by atoms with van der Waals surface area (Å²) in [6.07, 6.45) is 0. The highest BCUT2D eigenvalue weighted by atomic mass is 16.3. The van der Waals surface area contributed by atoms with E-state index in [1.54, 1.807) is 0 Å². The molecule has 0 atom stereocenters. The van der Waals surface area contributed by atoms with Crippen LogP contribution in [-0.2, 0) is 0 Å². The third kappa shape index (κ3) is 5.41. The molecule has 0 spiro atoms. The molecular formula is C63H36N4O. The highest BCUT2D eigenvalue weighted by Gasteiger charge is 2.24. The van der Waals surface area contributed by atoms with E-state index in [-0.39, 0.29) is 0 Å². The van der Waals surface area contributed by atoms with Gasteiger partial charge < -0.3 is 8.98 Å². The van der Waals surface area contributed by atoms with Crippen molar-refractivity contribution in [3.05, 3.63) is 218 Å². The first-order valence-electron chi connectivity index (χ1n) is 23.1. The molecule has 0 saturated carbocycles. The molecule has 314 valence electrons. The summed E-state index contributed by atoms with van der Waals surface area (Å²) in [5.74, 6) is 1.71. The van der Waals surface area contributed by atoms with Crippen molar-refractivity contribution >= 4 is 108 Å². The summed E-state index contributed by atoms with van der Waals surface area (Å²) in [5, 5.41) is 18.0. The maximum absolute atomic E-state index is 7.19. The number of benzene rings is 12. The molecule has 0 amide bonds. The molecule has 3 heterocycles. The Labute approximate surface area is 388 Å². The van der Waals surface area contributed by atoms with Gasteiger partial charge in [0.1, 0.15) is 11.2 Å². The molecule has 0 fully saturated rings. The Kier molecular flexibility index (Phi) is 7.72. The summed E-state index contributed by atoms with van der Waals surface area (Å²) >= 11 is 0. The van der Waals surface area contributed by atoms with Crippen molar-refractivity contribution in [3.8, 4) is 39.9 Å². The smallest absolute Gasteiger partial charge is 0.167 e. The Morgan fingerprint density at radius 2 is 0.750 bits per heavy atom. The van der Waals surface area contributed by atoms with Crippen LogP contribution in [0.5, 0.6) is 0 Å². The molecule has 5 heteroatoms. The molecule has 0 bridgehead atoms. The molecule has 0 aliphatic rings. The molecule has 0 unspecified atom stereocenters. The van der Waals surface area contributed by atoms with Gasteiger partial charge in [-0.05, 0) is 108 Å². The number of para-hydroxylation sites is 1. The molecule has 5 nitrogen and oxygen atoms in total. The average Bonchev–Trinajstić information content (AvgIpc) is 3.95. The van der Waals surface area contributed by atoms with Gasteiger partial charge in [0.15, 0.2) is 17.5 Å². The minimum Gasteiger partial charge on any atom is -0.455 e. The molecule has 15 aromatic rings. The molecule has 0 saturated heterocycles. The van der Waals surface area contributed by atoms with Crippen LogP contribution in [0.15, 0.2) is 223 Å². The number of rotatable bonds is 4. The van der Waals surface area contributed by atoms with E-state index in [0.717, 1.165) is 98.4 Å². The van der Waals surface area contributed by atoms with Gasteiger partial charge in [-0.1, -0.05) is 170 Å². The molecule has 0 radical (unpaired) electrons. The summed E-state index contributed by atoms with van der Waals surface area (Å²) in [6.45, 7) is 0. The molecule has 15 rings (SSSR count). The van der Waals surface area contributed by atoms with Gasteiger partial charge in [0.25, 0.3) is 0 Å². The summed E-state index contributed by atoms with van der Waals surface area (Å²) < 4.78 is 9.59. The van der Waals surface area contributed by atoms with Crippen molar-refractivity contribution in [1.82, 2.24) is 19.5 Å². The minimum absolute atomic E-state index is 0.529. The highest BCUT2D eigenvalue weighted by molar-refractivity contribution is 6.20. The van der Waals surface area contributed by atoms with E-state index in [9.17, 15) is 0 Å². The minimum atomic E-state index is 0.529. The summed E-state index contributed by atoms with van der Waals surface area (Å²) in [6, 6.07) is 78.1. The van der Waals surface area contributed by atoms with Crippen LogP contribution in [-0.4, -0.2) is 19.5 Å². The van der Waals surface area contributed by atoms with E-state index >= 15 is 0 Å². The number of furan rings is 1. The van der Waals surface area contributed by atoms with E-state index in [0.29, 0.717) is 17.5 Å². The predicted molar refractivity (Wildman–Crippen MR) is 283 cm³/mol. The quantitative estimate of drug-likeness (QED) is 0.165. The predicted octanol–water partition coefficient (Wildman–Crippen LogP) is 16.8. The Bertz CT molecular complexity index is 4500. The zero-order valence-corrected chi connectivity index (χ0v) is 36.5. The van der Waals surface area contributed by atoms with Gasteiger partial charge >= 0.3 is 0 Å². The maximum Gasteiger partial charge on any atom is 0.167 e. The monoisotopic (exact) mass is 864 g/mol. The summed E-state index contributed by atoms with van der Waals surface area (Å²) in [7, 11) is 0. The van der Waals surface area contributed by atoms with E-state index in [1.807, 2.05) is 0 Å². The molecule has 0 aliphatic carbocycles. The molecule has 68 heavy (non-hydrogen) atoms. The zero-order valence-electron chi connectivity index (χ0n) is 36.5. The van der Waals surface area contributed by atoms with Crippen molar-refractivity contribution in [1.29, 1.82) is 0 Å². The third-order valence-corrected chi connectivity index (χ3v) is 14.1. The van der Waals surface area contributed by atoms with E-state index in [4.69, 9.17) is 19.4 Å². The van der Waals surface area contributed by atoms with Crippen LogP contribution in [0.4, 0.5) is 0 Å². The topological polar surface area (TPSA) is 56.7 Å². The van der Waals surface area contributed by atoms with E-state index in [2.05, 4.69) is 223 Å². The first kappa shape index (κ1) is 37.1. The number of fused-ring (bicyclic) bond motifs is 15. The van der Waals surface area contributed by atoms with Gasteiger partial charge in [-0.15, -0.1) is 0 Å². The third-order valence-electron chi connectivity index (χ3n) is 14.1. The number of hydrogen-bond donors (Lipinski definition) is 0. The van der Waals surface area contributed by atoms with E-state index in [1.165, 1.54) is 32.3 Å². The van der Waals surface area contributed by atoms with Gasteiger partial charge in [-0.3, -0.25) is 0 Å². The van der Waals surface area contributed by atoms with Crippen molar-refractivity contribution in [3.63, 3.8) is 0 Å². The average molecular weight is 865 g/mol. The van der Waals surface area contributed by atoms with Gasteiger partial charge in [0, 0.05) is 43.7 Å². The van der Waals surface area contributed by atoms with Crippen molar-refractivity contribution in [2.45, 2.75) is 0 Å². The summed E-state index contributed by atoms with van der Waals surface area (Å²) in [5.41, 5.74) is 7.43. The standard InChI is InChI=1S/C63H36N4O/c1-2-17-39-34-58-52(31-38(39)16-1)50-27-13-14-28-57(50)67(58)42-35-53-51-30-29-37-15-3-8-22-45(37)59(51)68-60(53)56(36-42)63-65-61(54-32-40-18-4-6-20-43(40)46-23-9-11-25-48(46)54)64-62(66-63)55-33-41-19-5-7-21-44(41)47-24-10-12-26-49(47)55/h1-36H. The molecule has 0 N–H and O–H groups in total. The lowest BCUT2D eigenvalue weighted by atomic mass is 9.96. The lowest BCUT2D eigenvalue weighted by Crippen LogP contribution is -2.02. The Morgan fingerprint density at radius 3 is 1.38 bits per heavy atom. The lowest BCUT2D eigenvalue weighted by Gasteiger charge is -2.15. The fraction of sp³-hybridized carbons (Fsp3) is 0. The number of hydrogen-bond acceptors (Lipinski definition) is 4. The molecule has 3 aromatic heterocycles. The van der Waals surface area contributed by atoms with Crippen molar-refractivity contribution in [2.24, 2.45) is 0 Å². The summed E-state index contributed by atoms with van der Waals surface area (Å²) in [4.78, 5) is 16.7. The van der Waals surface area contributed by atoms with Gasteiger partial charge in [-0.2, -0.15) is 0 Å². The molecule has 12 aromatic carbocycles. The fourth-order valence-electron chi connectivity index (χ4n) is 11.0. The largest absolute Gasteiger partial charge is 0.455 e. The van der Waals surface area contributed by atoms with Crippen LogP contribution in [0.2, 0.25) is 0 Å². The second-order valence-corrected chi connectivity index (χ2v) is 17.9. The second-order valence-electron chi connectivity index (χ2n) is 17.9. The second kappa shape index (κ2) is 14.2. The Morgan fingerprint density at radius 1 is 0.265 bits per heavy atom. The number of nitrogens with zero attached hydrogens (tertiary/aromatic N) is 4. The van der Waals surface area contributed by atoms with Crippen LogP contribution in [0.3, 0.4) is 0 Å². The Balaban J connectivity index is 1.10. The van der Waals surface area contributed by atoms with E-state index < -0.39 is 0 Å². The maximum atomic E-state index is 7.19. The highest BCUT2D eigenvalue weighted by Crippen LogP contribution is 2.44. The van der Waals surface area contributed by atoms with Crippen LogP contribution in [0.25, 0.3) is 148 Å².